The third kappa shape index (κ3) is 3.04. The molecule has 0 unspecified atom stereocenters. The van der Waals surface area contributed by atoms with Gasteiger partial charge in [0, 0.05) is 24.9 Å². The second-order valence-corrected chi connectivity index (χ2v) is 3.79. The van der Waals surface area contributed by atoms with Gasteiger partial charge in [-0.3, -0.25) is 10.1 Å². The second-order valence-electron chi connectivity index (χ2n) is 3.79. The summed E-state index contributed by atoms with van der Waals surface area (Å²) >= 11 is 0. The van der Waals surface area contributed by atoms with E-state index in [9.17, 15) is 10.1 Å². The first kappa shape index (κ1) is 12.5. The zero-order valence-electron chi connectivity index (χ0n) is 9.91. The Labute approximate surface area is 109 Å². The fourth-order valence-electron chi connectivity index (χ4n) is 1.56. The second kappa shape index (κ2) is 5.60. The van der Waals surface area contributed by atoms with Crippen LogP contribution >= 0.6 is 0 Å². The molecule has 2 aromatic rings. The molecule has 0 aliphatic rings. The summed E-state index contributed by atoms with van der Waals surface area (Å²) < 4.78 is 0. The molecule has 0 aliphatic heterocycles. The highest BCUT2D eigenvalue weighted by Gasteiger charge is 2.05. The summed E-state index contributed by atoms with van der Waals surface area (Å²) in [5.41, 5.74) is 1.39. The Bertz CT molecular complexity index is 632. The van der Waals surface area contributed by atoms with Crippen LogP contribution in [0, 0.1) is 21.4 Å². The molecule has 94 valence electrons. The third-order valence-corrected chi connectivity index (χ3v) is 2.54. The summed E-state index contributed by atoms with van der Waals surface area (Å²) in [6.07, 6.45) is 1.60. The number of hydrogen-bond donors (Lipinski definition) is 1. The van der Waals surface area contributed by atoms with Crippen LogP contribution in [0.15, 0.2) is 42.6 Å². The van der Waals surface area contributed by atoms with Crippen LogP contribution in [0.2, 0.25) is 0 Å². The van der Waals surface area contributed by atoms with E-state index in [0.29, 0.717) is 17.9 Å². The number of nitro groups is 1. The first-order valence-electron chi connectivity index (χ1n) is 5.53. The molecule has 1 heterocycles. The van der Waals surface area contributed by atoms with Gasteiger partial charge < -0.3 is 5.32 Å². The van der Waals surface area contributed by atoms with Gasteiger partial charge in [-0.25, -0.2) is 4.98 Å². The lowest BCUT2D eigenvalue weighted by atomic mass is 10.2. The first-order valence-corrected chi connectivity index (χ1v) is 5.53. The fourth-order valence-corrected chi connectivity index (χ4v) is 1.56. The lowest BCUT2D eigenvalue weighted by Crippen LogP contribution is -2.03. The maximum Gasteiger partial charge on any atom is 0.269 e. The van der Waals surface area contributed by atoms with Gasteiger partial charge in [0.15, 0.2) is 0 Å². The van der Waals surface area contributed by atoms with E-state index in [-0.39, 0.29) is 5.69 Å². The van der Waals surface area contributed by atoms with Gasteiger partial charge in [-0.2, -0.15) is 5.26 Å². The Balaban J connectivity index is 2.06. The number of nitro benzene ring substituents is 1. The van der Waals surface area contributed by atoms with Crippen LogP contribution in [-0.4, -0.2) is 9.91 Å². The molecular formula is C13H10N4O2. The van der Waals surface area contributed by atoms with Gasteiger partial charge >= 0.3 is 0 Å². The van der Waals surface area contributed by atoms with Crippen molar-refractivity contribution in [3.8, 4) is 6.07 Å². The van der Waals surface area contributed by atoms with E-state index in [0.717, 1.165) is 5.56 Å². The van der Waals surface area contributed by atoms with Gasteiger partial charge in [0.2, 0.25) is 0 Å². The van der Waals surface area contributed by atoms with Crippen LogP contribution < -0.4 is 5.32 Å². The number of nitriles is 1. The summed E-state index contributed by atoms with van der Waals surface area (Å²) in [7, 11) is 0. The van der Waals surface area contributed by atoms with Crippen molar-refractivity contribution < 1.29 is 4.92 Å². The van der Waals surface area contributed by atoms with Gasteiger partial charge in [0.05, 0.1) is 10.5 Å². The summed E-state index contributed by atoms with van der Waals surface area (Å²) in [5.74, 6) is 0.503. The molecular weight excluding hydrogens is 244 g/mol. The summed E-state index contributed by atoms with van der Waals surface area (Å²) in [5, 5.41) is 22.5. The molecule has 0 saturated carbocycles. The fraction of sp³-hybridized carbons (Fsp3) is 0.0769. The predicted molar refractivity (Wildman–Crippen MR) is 69.4 cm³/mol. The number of hydrogen-bond acceptors (Lipinski definition) is 5. The Morgan fingerprint density at radius 3 is 2.68 bits per heavy atom. The van der Waals surface area contributed by atoms with Crippen LogP contribution in [-0.2, 0) is 6.54 Å². The molecule has 1 aromatic heterocycles. The maximum atomic E-state index is 10.5. The van der Waals surface area contributed by atoms with Crippen molar-refractivity contribution in [3.05, 3.63) is 63.8 Å². The van der Waals surface area contributed by atoms with E-state index in [2.05, 4.69) is 10.3 Å². The molecule has 0 fully saturated rings. The van der Waals surface area contributed by atoms with E-state index >= 15 is 0 Å². The van der Waals surface area contributed by atoms with Crippen LogP contribution in [0.4, 0.5) is 11.5 Å². The monoisotopic (exact) mass is 254 g/mol. The van der Waals surface area contributed by atoms with Crippen LogP contribution in [0.1, 0.15) is 11.1 Å². The number of anilines is 1. The maximum absolute atomic E-state index is 10.5. The molecule has 6 heteroatoms. The SMILES string of the molecule is N#Cc1cccnc1NCc1ccc([N+](=O)[O-])cc1. The number of non-ortho nitro benzene ring substituents is 1. The normalized spacial score (nSPS) is 9.63. The van der Waals surface area contributed by atoms with Crippen molar-refractivity contribution in [2.24, 2.45) is 0 Å². The van der Waals surface area contributed by atoms with Crippen LogP contribution in [0.5, 0.6) is 0 Å². The minimum absolute atomic E-state index is 0.0549. The molecule has 0 radical (unpaired) electrons. The van der Waals surface area contributed by atoms with Crippen LogP contribution in [0.3, 0.4) is 0 Å². The van der Waals surface area contributed by atoms with Gasteiger partial charge in [-0.1, -0.05) is 12.1 Å². The Morgan fingerprint density at radius 2 is 2.05 bits per heavy atom. The molecule has 0 spiro atoms. The third-order valence-electron chi connectivity index (χ3n) is 2.54. The van der Waals surface area contributed by atoms with Crippen molar-refractivity contribution in [3.63, 3.8) is 0 Å². The molecule has 2 rings (SSSR count). The molecule has 0 saturated heterocycles. The Hall–Kier alpha value is -2.94. The van der Waals surface area contributed by atoms with Gasteiger partial charge in [-0.15, -0.1) is 0 Å². The van der Waals surface area contributed by atoms with E-state index in [1.165, 1.54) is 12.1 Å². The van der Waals surface area contributed by atoms with E-state index in [1.807, 2.05) is 6.07 Å². The first-order chi connectivity index (χ1) is 9.20. The minimum atomic E-state index is -0.441. The number of pyridine rings is 1. The summed E-state index contributed by atoms with van der Waals surface area (Å²) in [6.45, 7) is 0.448. The summed E-state index contributed by atoms with van der Waals surface area (Å²) in [6, 6.07) is 11.6. The summed E-state index contributed by atoms with van der Waals surface area (Å²) in [4.78, 5) is 14.1. The van der Waals surface area contributed by atoms with E-state index in [4.69, 9.17) is 5.26 Å². The Morgan fingerprint density at radius 1 is 1.32 bits per heavy atom. The molecule has 6 nitrogen and oxygen atoms in total. The molecule has 0 amide bonds. The number of nitrogens with one attached hydrogen (secondary N) is 1. The minimum Gasteiger partial charge on any atom is -0.365 e. The Kier molecular flexibility index (Phi) is 3.69. The van der Waals surface area contributed by atoms with Gasteiger partial charge in [0.1, 0.15) is 11.9 Å². The molecule has 0 bridgehead atoms. The lowest BCUT2D eigenvalue weighted by molar-refractivity contribution is -0.384. The topological polar surface area (TPSA) is 91.8 Å². The van der Waals surface area contributed by atoms with E-state index in [1.54, 1.807) is 30.5 Å². The van der Waals surface area contributed by atoms with Crippen molar-refractivity contribution >= 4 is 11.5 Å². The average Bonchev–Trinajstić information content (AvgIpc) is 2.45. The zero-order valence-corrected chi connectivity index (χ0v) is 9.91. The van der Waals surface area contributed by atoms with Crippen molar-refractivity contribution in [2.45, 2.75) is 6.54 Å². The number of aromatic nitrogens is 1. The van der Waals surface area contributed by atoms with Crippen LogP contribution in [0.25, 0.3) is 0 Å². The molecule has 1 N–H and O–H groups in total. The molecule has 0 atom stereocenters. The van der Waals surface area contributed by atoms with Gasteiger partial charge in [0.25, 0.3) is 5.69 Å². The average molecular weight is 254 g/mol. The van der Waals surface area contributed by atoms with Crippen molar-refractivity contribution in [1.82, 2.24) is 4.98 Å². The highest BCUT2D eigenvalue weighted by Crippen LogP contribution is 2.14. The van der Waals surface area contributed by atoms with E-state index < -0.39 is 4.92 Å². The van der Waals surface area contributed by atoms with Gasteiger partial charge in [-0.05, 0) is 17.7 Å². The molecule has 19 heavy (non-hydrogen) atoms. The largest absolute Gasteiger partial charge is 0.365 e. The highest BCUT2D eigenvalue weighted by molar-refractivity contribution is 5.51. The predicted octanol–water partition coefficient (Wildman–Crippen LogP) is 2.47. The number of rotatable bonds is 4. The highest BCUT2D eigenvalue weighted by atomic mass is 16.6. The number of nitrogens with zero attached hydrogens (tertiary/aromatic N) is 3. The smallest absolute Gasteiger partial charge is 0.269 e. The lowest BCUT2D eigenvalue weighted by Gasteiger charge is -2.06. The molecule has 1 aromatic carbocycles. The van der Waals surface area contributed by atoms with Crippen molar-refractivity contribution in [1.29, 1.82) is 5.26 Å². The zero-order chi connectivity index (χ0) is 13.7. The molecule has 0 aliphatic carbocycles. The standard InChI is InChI=1S/C13H10N4O2/c14-8-11-2-1-7-15-13(11)16-9-10-3-5-12(6-4-10)17(18)19/h1-7H,9H2,(H,15,16). The van der Waals surface area contributed by atoms with Crippen molar-refractivity contribution in [2.75, 3.05) is 5.32 Å². The quantitative estimate of drug-likeness (QED) is 0.668. The number of benzene rings is 1.